The zero-order valence-corrected chi connectivity index (χ0v) is 12.2. The Kier molecular flexibility index (Phi) is 3.89. The van der Waals surface area contributed by atoms with Gasteiger partial charge < -0.3 is 4.57 Å². The third kappa shape index (κ3) is 2.76. The summed E-state index contributed by atoms with van der Waals surface area (Å²) in [4.78, 5) is 4.54. The number of halogens is 1. The average molecular weight is 296 g/mol. The molecule has 4 heteroatoms. The zero-order chi connectivity index (χ0) is 14.7. The van der Waals surface area contributed by atoms with E-state index in [0.29, 0.717) is 11.4 Å². The largest absolute Gasteiger partial charge is 0.327 e. The van der Waals surface area contributed by atoms with Crippen LogP contribution in [0.2, 0.25) is 0 Å². The minimum absolute atomic E-state index is 0.366. The van der Waals surface area contributed by atoms with Crippen LogP contribution in [0, 0.1) is 11.3 Å². The number of fused-ring (bicyclic) bond motifs is 1. The van der Waals surface area contributed by atoms with Gasteiger partial charge in [-0.2, -0.15) is 5.26 Å². The molecule has 0 spiro atoms. The molecule has 0 aliphatic heterocycles. The molecule has 1 aromatic heterocycles. The molecular formula is C17H14ClN3. The Hall–Kier alpha value is -2.31. The number of rotatable bonds is 4. The summed E-state index contributed by atoms with van der Waals surface area (Å²) in [5, 5.41) is 9.05. The number of hydrogen-bond donors (Lipinski definition) is 0. The molecule has 0 unspecified atom stereocenters. The van der Waals surface area contributed by atoms with Crippen LogP contribution in [0.3, 0.4) is 0 Å². The standard InChI is InChI=1S/C17H14ClN3/c18-11-17-20-15-7-6-14(12-19)10-16(15)21(17)9-8-13-4-2-1-3-5-13/h1-7,10H,8-9,11H2. The van der Waals surface area contributed by atoms with Crippen LogP contribution in [0.1, 0.15) is 17.0 Å². The number of aryl methyl sites for hydroxylation is 2. The summed E-state index contributed by atoms with van der Waals surface area (Å²) in [6.07, 6.45) is 0.910. The number of alkyl halides is 1. The number of imidazole rings is 1. The van der Waals surface area contributed by atoms with Gasteiger partial charge in [-0.05, 0) is 30.2 Å². The van der Waals surface area contributed by atoms with E-state index in [1.807, 2.05) is 30.3 Å². The Morgan fingerprint density at radius 2 is 1.95 bits per heavy atom. The summed E-state index contributed by atoms with van der Waals surface area (Å²) < 4.78 is 2.11. The van der Waals surface area contributed by atoms with Crippen LogP contribution in [0.15, 0.2) is 48.5 Å². The van der Waals surface area contributed by atoms with Crippen molar-refractivity contribution in [3.05, 3.63) is 65.5 Å². The van der Waals surface area contributed by atoms with Crippen molar-refractivity contribution in [3.63, 3.8) is 0 Å². The maximum absolute atomic E-state index is 9.05. The van der Waals surface area contributed by atoms with E-state index in [1.165, 1.54) is 5.56 Å². The molecular weight excluding hydrogens is 282 g/mol. The molecule has 3 rings (SSSR count). The monoisotopic (exact) mass is 295 g/mol. The van der Waals surface area contributed by atoms with E-state index in [4.69, 9.17) is 16.9 Å². The fourth-order valence-electron chi connectivity index (χ4n) is 2.48. The summed E-state index contributed by atoms with van der Waals surface area (Å²) in [7, 11) is 0. The number of aromatic nitrogens is 2. The Morgan fingerprint density at radius 1 is 1.14 bits per heavy atom. The fraction of sp³-hybridized carbons (Fsp3) is 0.176. The molecule has 0 amide bonds. The topological polar surface area (TPSA) is 41.6 Å². The molecule has 21 heavy (non-hydrogen) atoms. The highest BCUT2D eigenvalue weighted by molar-refractivity contribution is 6.16. The van der Waals surface area contributed by atoms with E-state index >= 15 is 0 Å². The van der Waals surface area contributed by atoms with Crippen molar-refractivity contribution in [1.29, 1.82) is 5.26 Å². The molecule has 104 valence electrons. The molecule has 1 heterocycles. The molecule has 0 aliphatic rings. The van der Waals surface area contributed by atoms with Crippen molar-refractivity contribution < 1.29 is 0 Å². The van der Waals surface area contributed by atoms with Crippen molar-refractivity contribution in [2.75, 3.05) is 0 Å². The van der Waals surface area contributed by atoms with Gasteiger partial charge in [0, 0.05) is 6.54 Å². The van der Waals surface area contributed by atoms with Gasteiger partial charge in [0.25, 0.3) is 0 Å². The SMILES string of the molecule is N#Cc1ccc2nc(CCl)n(CCc3ccccc3)c2c1. The zero-order valence-electron chi connectivity index (χ0n) is 11.5. The molecule has 3 aromatic rings. The van der Waals surface area contributed by atoms with Crippen molar-refractivity contribution in [2.45, 2.75) is 18.8 Å². The summed E-state index contributed by atoms with van der Waals surface area (Å²) in [6, 6.07) is 18.0. The number of nitrogens with zero attached hydrogens (tertiary/aromatic N) is 3. The third-order valence-electron chi connectivity index (χ3n) is 3.54. The van der Waals surface area contributed by atoms with Crippen LogP contribution in [0.25, 0.3) is 11.0 Å². The molecule has 0 bridgehead atoms. The molecule has 0 fully saturated rings. The maximum Gasteiger partial charge on any atom is 0.124 e. The van der Waals surface area contributed by atoms with Crippen LogP contribution in [-0.4, -0.2) is 9.55 Å². The van der Waals surface area contributed by atoms with Gasteiger partial charge >= 0.3 is 0 Å². The lowest BCUT2D eigenvalue weighted by molar-refractivity contribution is 0.688. The van der Waals surface area contributed by atoms with Crippen molar-refractivity contribution in [3.8, 4) is 6.07 Å². The molecule has 0 N–H and O–H groups in total. The highest BCUT2D eigenvalue weighted by Crippen LogP contribution is 2.20. The Bertz CT molecular complexity index is 800. The van der Waals surface area contributed by atoms with Crippen LogP contribution in [0.5, 0.6) is 0 Å². The lowest BCUT2D eigenvalue weighted by Gasteiger charge is -2.08. The van der Waals surface area contributed by atoms with Crippen molar-refractivity contribution >= 4 is 22.6 Å². The first-order valence-corrected chi connectivity index (χ1v) is 7.34. The lowest BCUT2D eigenvalue weighted by atomic mass is 10.1. The average Bonchev–Trinajstić information content (AvgIpc) is 2.90. The normalized spacial score (nSPS) is 10.7. The van der Waals surface area contributed by atoms with Gasteiger partial charge in [0.15, 0.2) is 0 Å². The fourth-order valence-corrected chi connectivity index (χ4v) is 2.68. The van der Waals surface area contributed by atoms with Crippen LogP contribution in [0.4, 0.5) is 0 Å². The van der Waals surface area contributed by atoms with Gasteiger partial charge in [-0.3, -0.25) is 0 Å². The van der Waals surface area contributed by atoms with Crippen molar-refractivity contribution in [1.82, 2.24) is 9.55 Å². The minimum Gasteiger partial charge on any atom is -0.327 e. The van der Waals surface area contributed by atoms with E-state index < -0.39 is 0 Å². The van der Waals surface area contributed by atoms with Crippen LogP contribution in [-0.2, 0) is 18.8 Å². The number of benzene rings is 2. The van der Waals surface area contributed by atoms with E-state index in [1.54, 1.807) is 6.07 Å². The highest BCUT2D eigenvalue weighted by atomic mass is 35.5. The smallest absolute Gasteiger partial charge is 0.124 e. The Labute approximate surface area is 128 Å². The van der Waals surface area contributed by atoms with Gasteiger partial charge in [-0.25, -0.2) is 4.98 Å². The first-order chi connectivity index (χ1) is 10.3. The molecule has 2 aromatic carbocycles. The second kappa shape index (κ2) is 5.99. The van der Waals surface area contributed by atoms with Gasteiger partial charge in [-0.15, -0.1) is 11.6 Å². The molecule has 0 saturated heterocycles. The van der Waals surface area contributed by atoms with Gasteiger partial charge in [-0.1, -0.05) is 30.3 Å². The molecule has 0 radical (unpaired) electrons. The van der Waals surface area contributed by atoms with Gasteiger partial charge in [0.1, 0.15) is 5.82 Å². The summed E-state index contributed by atoms with van der Waals surface area (Å²) in [5.74, 6) is 1.21. The molecule has 3 nitrogen and oxygen atoms in total. The molecule has 0 aliphatic carbocycles. The Morgan fingerprint density at radius 3 is 2.67 bits per heavy atom. The number of nitriles is 1. The van der Waals surface area contributed by atoms with Gasteiger partial charge in [0.05, 0.1) is 28.5 Å². The third-order valence-corrected chi connectivity index (χ3v) is 3.78. The lowest BCUT2D eigenvalue weighted by Crippen LogP contribution is -2.05. The van der Waals surface area contributed by atoms with Crippen LogP contribution >= 0.6 is 11.6 Å². The minimum atomic E-state index is 0.366. The predicted molar refractivity (Wildman–Crippen MR) is 84.2 cm³/mol. The maximum atomic E-state index is 9.05. The molecule has 0 atom stereocenters. The Balaban J connectivity index is 1.97. The highest BCUT2D eigenvalue weighted by Gasteiger charge is 2.10. The summed E-state index contributed by atoms with van der Waals surface area (Å²) >= 11 is 6.01. The van der Waals surface area contributed by atoms with E-state index in [0.717, 1.165) is 29.8 Å². The van der Waals surface area contributed by atoms with Crippen molar-refractivity contribution in [2.24, 2.45) is 0 Å². The van der Waals surface area contributed by atoms with E-state index in [-0.39, 0.29) is 0 Å². The van der Waals surface area contributed by atoms with E-state index in [2.05, 4.69) is 27.8 Å². The number of hydrogen-bond acceptors (Lipinski definition) is 2. The van der Waals surface area contributed by atoms with E-state index in [9.17, 15) is 0 Å². The van der Waals surface area contributed by atoms with Gasteiger partial charge in [0.2, 0.25) is 0 Å². The first kappa shape index (κ1) is 13.7. The molecule has 0 saturated carbocycles. The predicted octanol–water partition coefficient (Wildman–Crippen LogP) is 3.89. The van der Waals surface area contributed by atoms with Crippen LogP contribution < -0.4 is 0 Å². The first-order valence-electron chi connectivity index (χ1n) is 6.81. The summed E-state index contributed by atoms with van der Waals surface area (Å²) in [6.45, 7) is 0.803. The summed E-state index contributed by atoms with van der Waals surface area (Å²) in [5.41, 5.74) is 3.78. The second-order valence-corrected chi connectivity index (χ2v) is 5.13. The second-order valence-electron chi connectivity index (χ2n) is 4.86. The quantitative estimate of drug-likeness (QED) is 0.685.